The topological polar surface area (TPSA) is 92.9 Å². The molecule has 1 atom stereocenters. The van der Waals surface area contributed by atoms with E-state index >= 15 is 0 Å². The van der Waals surface area contributed by atoms with Gasteiger partial charge in [-0.25, -0.2) is 4.39 Å². The molecule has 152 valence electrons. The van der Waals surface area contributed by atoms with Crippen molar-refractivity contribution in [2.75, 3.05) is 12.0 Å². The first-order valence-electron chi connectivity index (χ1n) is 9.05. The lowest BCUT2D eigenvalue weighted by Crippen LogP contribution is -2.29. The highest BCUT2D eigenvalue weighted by Gasteiger charge is 2.49. The van der Waals surface area contributed by atoms with Crippen LogP contribution in [0.1, 0.15) is 22.9 Å². The van der Waals surface area contributed by atoms with Crippen LogP contribution in [-0.2, 0) is 9.59 Å². The van der Waals surface area contributed by atoms with E-state index in [2.05, 4.69) is 5.16 Å². The average molecular weight is 408 g/mol. The molecule has 1 amide bonds. The number of carbonyl (C=O) groups excluding carboxylic acids is 2. The molecule has 8 heteroatoms. The van der Waals surface area contributed by atoms with Crippen LogP contribution in [-0.4, -0.2) is 29.1 Å². The van der Waals surface area contributed by atoms with Gasteiger partial charge in [0.05, 0.1) is 12.7 Å². The van der Waals surface area contributed by atoms with E-state index in [1.165, 1.54) is 25.3 Å². The minimum absolute atomic E-state index is 0.128. The third-order valence-corrected chi connectivity index (χ3v) is 4.86. The fourth-order valence-corrected chi connectivity index (χ4v) is 3.49. The number of hydrogen-bond acceptors (Lipinski definition) is 6. The fourth-order valence-electron chi connectivity index (χ4n) is 3.49. The predicted octanol–water partition coefficient (Wildman–Crippen LogP) is 3.76. The van der Waals surface area contributed by atoms with Crippen molar-refractivity contribution in [1.29, 1.82) is 0 Å². The smallest absolute Gasteiger partial charge is 0.301 e. The Bertz CT molecular complexity index is 1170. The minimum atomic E-state index is -1.02. The fraction of sp³-hybridized carbons (Fsp3) is 0.136. The summed E-state index contributed by atoms with van der Waals surface area (Å²) in [5.41, 5.74) is 0.519. The van der Waals surface area contributed by atoms with Crippen LogP contribution in [0.4, 0.5) is 10.2 Å². The van der Waals surface area contributed by atoms with Crippen molar-refractivity contribution in [3.05, 3.63) is 82.9 Å². The number of aryl methyl sites for hydroxylation is 1. The van der Waals surface area contributed by atoms with E-state index in [1.807, 2.05) is 0 Å². The standard InChI is InChI=1S/C22H17FN2O5/c1-12-11-17(24-30-12)25-19(15-5-3-4-6-16(15)29-2)18(21(27)22(25)28)20(26)13-7-9-14(23)10-8-13/h3-11,19,26H,1-2H3/b20-18+. The normalized spacial score (nSPS) is 18.1. The van der Waals surface area contributed by atoms with Gasteiger partial charge < -0.3 is 14.4 Å². The number of nitrogens with zero attached hydrogens (tertiary/aromatic N) is 2. The Balaban J connectivity index is 1.98. The van der Waals surface area contributed by atoms with Gasteiger partial charge in [0.1, 0.15) is 29.1 Å². The summed E-state index contributed by atoms with van der Waals surface area (Å²) in [6, 6.07) is 12.3. The van der Waals surface area contributed by atoms with Gasteiger partial charge >= 0.3 is 5.91 Å². The monoisotopic (exact) mass is 408 g/mol. The summed E-state index contributed by atoms with van der Waals surface area (Å²) in [5, 5.41) is 14.8. The summed E-state index contributed by atoms with van der Waals surface area (Å²) in [5.74, 6) is -1.69. The van der Waals surface area contributed by atoms with Gasteiger partial charge in [0.15, 0.2) is 5.82 Å². The molecule has 2 heterocycles. The molecule has 30 heavy (non-hydrogen) atoms. The number of rotatable bonds is 4. The molecule has 0 aliphatic carbocycles. The van der Waals surface area contributed by atoms with E-state index in [0.29, 0.717) is 17.1 Å². The number of para-hydroxylation sites is 1. The quantitative estimate of drug-likeness (QED) is 0.401. The number of benzene rings is 2. The zero-order valence-electron chi connectivity index (χ0n) is 16.1. The second kappa shape index (κ2) is 7.47. The SMILES string of the molecule is COc1ccccc1C1/C(=C(\O)c2ccc(F)cc2)C(=O)C(=O)N1c1cc(C)on1. The minimum Gasteiger partial charge on any atom is -0.507 e. The lowest BCUT2D eigenvalue weighted by Gasteiger charge is -2.24. The van der Waals surface area contributed by atoms with Gasteiger partial charge in [-0.15, -0.1) is 0 Å². The van der Waals surface area contributed by atoms with Crippen molar-refractivity contribution in [1.82, 2.24) is 5.16 Å². The molecule has 3 aromatic rings. The Labute approximate surface area is 171 Å². The molecular weight excluding hydrogens is 391 g/mol. The number of amides is 1. The van der Waals surface area contributed by atoms with E-state index in [9.17, 15) is 19.1 Å². The Morgan fingerprint density at radius 2 is 1.87 bits per heavy atom. The maximum Gasteiger partial charge on any atom is 0.301 e. The van der Waals surface area contributed by atoms with Crippen LogP contribution in [0.15, 0.2) is 64.7 Å². The number of hydrogen-bond donors (Lipinski definition) is 1. The molecule has 4 rings (SSSR count). The Morgan fingerprint density at radius 1 is 1.17 bits per heavy atom. The Kier molecular flexibility index (Phi) is 4.83. The summed E-state index contributed by atoms with van der Waals surface area (Å²) in [6.45, 7) is 1.66. The molecule has 1 aliphatic rings. The van der Waals surface area contributed by atoms with Crippen molar-refractivity contribution in [2.45, 2.75) is 13.0 Å². The summed E-state index contributed by atoms with van der Waals surface area (Å²) in [7, 11) is 1.46. The molecule has 1 N–H and O–H groups in total. The van der Waals surface area contributed by atoms with Gasteiger partial charge in [0, 0.05) is 17.2 Å². The lowest BCUT2D eigenvalue weighted by molar-refractivity contribution is -0.132. The predicted molar refractivity (Wildman–Crippen MR) is 105 cm³/mol. The number of methoxy groups -OCH3 is 1. The Hall–Kier alpha value is -3.94. The first kappa shape index (κ1) is 19.4. The highest BCUT2D eigenvalue weighted by atomic mass is 19.1. The number of aliphatic hydroxyl groups is 1. The molecule has 0 radical (unpaired) electrons. The molecule has 1 aliphatic heterocycles. The van der Waals surface area contributed by atoms with Crippen LogP contribution in [0.5, 0.6) is 5.75 Å². The second-order valence-electron chi connectivity index (χ2n) is 6.71. The number of anilines is 1. The summed E-state index contributed by atoms with van der Waals surface area (Å²) in [6.07, 6.45) is 0. The van der Waals surface area contributed by atoms with Gasteiger partial charge in [-0.2, -0.15) is 0 Å². The van der Waals surface area contributed by atoms with E-state index in [0.717, 1.165) is 17.0 Å². The zero-order chi connectivity index (χ0) is 21.4. The van der Waals surface area contributed by atoms with E-state index in [-0.39, 0.29) is 17.0 Å². The number of ether oxygens (including phenoxy) is 1. The van der Waals surface area contributed by atoms with Crippen molar-refractivity contribution in [3.8, 4) is 5.75 Å². The van der Waals surface area contributed by atoms with Crippen molar-refractivity contribution < 1.29 is 28.3 Å². The second-order valence-corrected chi connectivity index (χ2v) is 6.71. The molecule has 1 aromatic heterocycles. The molecule has 0 saturated carbocycles. The first-order chi connectivity index (χ1) is 14.4. The number of aliphatic hydroxyl groups excluding tert-OH is 1. The maximum atomic E-state index is 13.3. The van der Waals surface area contributed by atoms with E-state index < -0.39 is 29.3 Å². The molecule has 1 unspecified atom stereocenters. The number of halogens is 1. The molecule has 0 bridgehead atoms. The van der Waals surface area contributed by atoms with Crippen molar-refractivity contribution >= 4 is 23.3 Å². The van der Waals surface area contributed by atoms with Crippen molar-refractivity contribution in [2.24, 2.45) is 0 Å². The van der Waals surface area contributed by atoms with Crippen molar-refractivity contribution in [3.63, 3.8) is 0 Å². The van der Waals surface area contributed by atoms with E-state index in [1.54, 1.807) is 31.2 Å². The van der Waals surface area contributed by atoms with Crippen LogP contribution in [0.3, 0.4) is 0 Å². The zero-order valence-corrected chi connectivity index (χ0v) is 16.1. The van der Waals surface area contributed by atoms with Crippen LogP contribution >= 0.6 is 0 Å². The number of Topliss-reactive ketones (excluding diaryl/α,β-unsaturated/α-hetero) is 1. The largest absolute Gasteiger partial charge is 0.507 e. The van der Waals surface area contributed by atoms with Gasteiger partial charge in [-0.05, 0) is 37.3 Å². The summed E-state index contributed by atoms with van der Waals surface area (Å²) in [4.78, 5) is 27.1. The molecule has 0 spiro atoms. The van der Waals surface area contributed by atoms with Gasteiger partial charge in [-0.3, -0.25) is 14.5 Å². The average Bonchev–Trinajstić information content (AvgIpc) is 3.29. The highest BCUT2D eigenvalue weighted by Crippen LogP contribution is 2.44. The highest BCUT2D eigenvalue weighted by molar-refractivity contribution is 6.51. The van der Waals surface area contributed by atoms with E-state index in [4.69, 9.17) is 9.26 Å². The summed E-state index contributed by atoms with van der Waals surface area (Å²) < 4.78 is 23.8. The molecule has 2 aromatic carbocycles. The summed E-state index contributed by atoms with van der Waals surface area (Å²) >= 11 is 0. The number of ketones is 1. The number of aromatic nitrogens is 1. The van der Waals surface area contributed by atoms with Crippen LogP contribution in [0.25, 0.3) is 5.76 Å². The van der Waals surface area contributed by atoms with Gasteiger partial charge in [0.2, 0.25) is 0 Å². The van der Waals surface area contributed by atoms with Gasteiger partial charge in [0.25, 0.3) is 5.78 Å². The third-order valence-electron chi connectivity index (χ3n) is 4.86. The first-order valence-corrected chi connectivity index (χ1v) is 9.05. The lowest BCUT2D eigenvalue weighted by atomic mass is 9.94. The Morgan fingerprint density at radius 3 is 2.50 bits per heavy atom. The van der Waals surface area contributed by atoms with Crippen LogP contribution < -0.4 is 9.64 Å². The molecule has 1 fully saturated rings. The third kappa shape index (κ3) is 3.12. The van der Waals surface area contributed by atoms with Gasteiger partial charge in [-0.1, -0.05) is 23.4 Å². The van der Waals surface area contributed by atoms with Crippen LogP contribution in [0.2, 0.25) is 0 Å². The molecular formula is C22H17FN2O5. The number of carbonyl (C=O) groups is 2. The maximum absolute atomic E-state index is 13.3. The van der Waals surface area contributed by atoms with Crippen LogP contribution in [0, 0.1) is 12.7 Å². The molecule has 7 nitrogen and oxygen atoms in total. The molecule has 1 saturated heterocycles.